The summed E-state index contributed by atoms with van der Waals surface area (Å²) in [7, 11) is 0. The fourth-order valence-corrected chi connectivity index (χ4v) is 9.37. The number of hydrogen-bond donors (Lipinski definition) is 12. The Hall–Kier alpha value is -1.82. The zero-order valence-corrected chi connectivity index (χ0v) is 32.7. The highest BCUT2D eigenvalue weighted by atomic mass is 32.2. The first kappa shape index (κ1) is 48.3. The Bertz CT molecular complexity index is 1110. The molecule has 0 aromatic rings. The molecule has 14 N–H and O–H groups in total. The summed E-state index contributed by atoms with van der Waals surface area (Å²) in [5.41, 5.74) is 12.5. The number of unbranched alkanes of at least 4 members (excludes halogenated alkanes) is 9. The molecule has 2 fully saturated rings. The minimum atomic E-state index is -1.80. The van der Waals surface area contributed by atoms with Crippen molar-refractivity contribution in [2.75, 3.05) is 24.7 Å². The van der Waals surface area contributed by atoms with Gasteiger partial charge in [-0.3, -0.25) is 9.59 Å². The summed E-state index contributed by atoms with van der Waals surface area (Å²) in [5, 5.41) is 85.2. The molecule has 2 saturated heterocycles. The van der Waals surface area contributed by atoms with E-state index in [9.17, 15) is 60.0 Å². The highest BCUT2D eigenvalue weighted by Crippen LogP contribution is 2.42. The van der Waals surface area contributed by atoms with Gasteiger partial charge in [-0.1, -0.05) is 51.4 Å². The van der Waals surface area contributed by atoms with Gasteiger partial charge in [0, 0.05) is 38.8 Å². The normalized spacial score (nSPS) is 30.9. The van der Waals surface area contributed by atoms with Gasteiger partial charge in [-0.15, -0.1) is 23.5 Å². The van der Waals surface area contributed by atoms with Gasteiger partial charge in [0.2, 0.25) is 21.7 Å². The number of thioether (sulfide) groups is 2. The number of carbonyl (C=O) groups excluding carboxylic acids is 2. The van der Waals surface area contributed by atoms with Gasteiger partial charge in [-0.2, -0.15) is 0 Å². The number of amides is 2. The van der Waals surface area contributed by atoms with Gasteiger partial charge in [-0.25, -0.2) is 9.59 Å². The molecule has 0 aromatic heterocycles. The molecule has 0 aliphatic carbocycles. The fourth-order valence-electron chi connectivity index (χ4n) is 6.79. The number of hydrogen-bond acceptors (Lipinski definition) is 16. The van der Waals surface area contributed by atoms with E-state index in [1.165, 1.54) is 13.8 Å². The molecule has 0 spiro atoms. The first-order valence-electron chi connectivity index (χ1n) is 18.5. The van der Waals surface area contributed by atoms with Gasteiger partial charge in [0.1, 0.15) is 36.6 Å². The summed E-state index contributed by atoms with van der Waals surface area (Å²) in [6.45, 7) is 0.890. The molecule has 0 saturated carbocycles. The van der Waals surface area contributed by atoms with Gasteiger partial charge in [0.25, 0.3) is 0 Å². The molecule has 18 nitrogen and oxygen atoms in total. The lowest BCUT2D eigenvalue weighted by Gasteiger charge is -2.47. The Morgan fingerprint density at radius 3 is 1.19 bits per heavy atom. The molecule has 2 heterocycles. The second-order valence-electron chi connectivity index (χ2n) is 14.2. The molecule has 54 heavy (non-hydrogen) atoms. The van der Waals surface area contributed by atoms with Crippen molar-refractivity contribution in [3.05, 3.63) is 0 Å². The Kier molecular flexibility index (Phi) is 21.0. The molecule has 2 aliphatic rings. The minimum absolute atomic E-state index is 0.140. The van der Waals surface area contributed by atoms with Gasteiger partial charge in [0.15, 0.2) is 0 Å². The number of carboxylic acid groups (broad SMARTS) is 2. The Labute approximate surface area is 324 Å². The second-order valence-corrected chi connectivity index (χ2v) is 16.9. The summed E-state index contributed by atoms with van der Waals surface area (Å²) in [6, 6.07) is -3.73. The summed E-state index contributed by atoms with van der Waals surface area (Å²) in [4.78, 5) is 44.7. The molecule has 0 bridgehead atoms. The number of aliphatic hydroxyl groups is 6. The van der Waals surface area contributed by atoms with Crippen molar-refractivity contribution >= 4 is 47.3 Å². The number of carbonyl (C=O) groups is 4. The number of ether oxygens (including phenoxy) is 2. The highest BCUT2D eigenvalue weighted by molar-refractivity contribution is 8.01. The van der Waals surface area contributed by atoms with Crippen LogP contribution in [-0.2, 0) is 28.7 Å². The zero-order valence-electron chi connectivity index (χ0n) is 31.1. The van der Waals surface area contributed by atoms with E-state index in [1.807, 2.05) is 0 Å². The number of carboxylic acids is 2. The molecule has 20 heteroatoms. The second kappa shape index (κ2) is 23.4. The van der Waals surface area contributed by atoms with Crippen molar-refractivity contribution < 1.29 is 69.5 Å². The minimum Gasteiger partial charge on any atom is -0.478 e. The third-order valence-corrected chi connectivity index (χ3v) is 12.5. The van der Waals surface area contributed by atoms with E-state index in [0.717, 1.165) is 74.9 Å². The van der Waals surface area contributed by atoms with Crippen LogP contribution in [0.1, 0.15) is 90.9 Å². The maximum atomic E-state index is 12.4. The lowest BCUT2D eigenvalue weighted by molar-refractivity contribution is -0.192. The number of aliphatic hydroxyl groups excluding tert-OH is 6. The maximum absolute atomic E-state index is 12.4. The molecular formula is C34H62N4O14S2. The lowest BCUT2D eigenvalue weighted by Crippen LogP contribution is -2.68. The van der Waals surface area contributed by atoms with Crippen LogP contribution in [0.4, 0.5) is 0 Å². The number of nitrogens with two attached hydrogens (primary N) is 2. The molecular weight excluding hydrogens is 753 g/mol. The van der Waals surface area contributed by atoms with Crippen LogP contribution in [0, 0.1) is 0 Å². The number of rotatable bonds is 25. The first-order chi connectivity index (χ1) is 25.4. The third-order valence-electron chi connectivity index (χ3n) is 9.73. The quantitative estimate of drug-likeness (QED) is 0.0471. The van der Waals surface area contributed by atoms with E-state index in [2.05, 4.69) is 10.6 Å². The Morgan fingerprint density at radius 1 is 0.630 bits per heavy atom. The molecule has 2 unspecified atom stereocenters. The summed E-state index contributed by atoms with van der Waals surface area (Å²) >= 11 is 2.10. The highest BCUT2D eigenvalue weighted by Gasteiger charge is 2.55. The van der Waals surface area contributed by atoms with Crippen LogP contribution in [0.2, 0.25) is 0 Å². The van der Waals surface area contributed by atoms with E-state index in [0.29, 0.717) is 24.3 Å². The van der Waals surface area contributed by atoms with E-state index in [1.54, 1.807) is 0 Å². The molecule has 2 aliphatic heterocycles. The SMILES string of the molecule is CC(=O)N[C@H]1[C@H]([C@H](O)[C@H](O)CO)OC(SCCCCCCCCCCCCSC2(C(=O)O)C[C@H](N)[C@@H](NC(C)=O)[C@H]([C@H](O)[C@H](O)CO)O2)(C(=O)O)C[C@@H]1N. The van der Waals surface area contributed by atoms with Gasteiger partial charge >= 0.3 is 11.9 Å². The van der Waals surface area contributed by atoms with E-state index in [-0.39, 0.29) is 12.8 Å². The summed E-state index contributed by atoms with van der Waals surface area (Å²) in [6.07, 6.45) is -0.595. The number of nitrogens with one attached hydrogen (secondary N) is 2. The van der Waals surface area contributed by atoms with Crippen molar-refractivity contribution in [3.8, 4) is 0 Å². The van der Waals surface area contributed by atoms with Crippen LogP contribution < -0.4 is 22.1 Å². The lowest BCUT2D eigenvalue weighted by atomic mass is 9.88. The van der Waals surface area contributed by atoms with Crippen LogP contribution in [-0.4, -0.2) is 160 Å². The molecule has 0 radical (unpaired) electrons. The third kappa shape index (κ3) is 14.0. The summed E-state index contributed by atoms with van der Waals surface area (Å²) in [5.74, 6) is -2.63. The predicted molar refractivity (Wildman–Crippen MR) is 200 cm³/mol. The smallest absolute Gasteiger partial charge is 0.346 e. The van der Waals surface area contributed by atoms with E-state index < -0.39 is 108 Å². The van der Waals surface area contributed by atoms with Gasteiger partial charge in [-0.05, 0) is 24.3 Å². The topological polar surface area (TPSA) is 325 Å². The van der Waals surface area contributed by atoms with Gasteiger partial charge < -0.3 is 72.4 Å². The maximum Gasteiger partial charge on any atom is 0.346 e. The molecule has 314 valence electrons. The first-order valence-corrected chi connectivity index (χ1v) is 20.5. The average Bonchev–Trinajstić information content (AvgIpc) is 3.11. The van der Waals surface area contributed by atoms with Crippen molar-refractivity contribution in [2.45, 2.75) is 162 Å². The van der Waals surface area contributed by atoms with Gasteiger partial charge in [0.05, 0.1) is 25.3 Å². The molecule has 2 rings (SSSR count). The predicted octanol–water partition coefficient (Wildman–Crippen LogP) is -1.41. The molecule has 12 atom stereocenters. The van der Waals surface area contributed by atoms with Crippen molar-refractivity contribution in [1.29, 1.82) is 0 Å². The van der Waals surface area contributed by atoms with Crippen molar-refractivity contribution in [2.24, 2.45) is 11.5 Å². The zero-order chi connectivity index (χ0) is 40.6. The van der Waals surface area contributed by atoms with Crippen LogP contribution in [0.5, 0.6) is 0 Å². The van der Waals surface area contributed by atoms with Crippen LogP contribution in [0.15, 0.2) is 0 Å². The molecule has 2 amide bonds. The summed E-state index contributed by atoms with van der Waals surface area (Å²) < 4.78 is 11.7. The number of aliphatic carboxylic acids is 2. The standard InChI is InChI=1S/C34H62N4O14S2/c1-19(41)37-25-21(35)15-33(31(47)48,51-29(25)27(45)23(43)17-39)53-13-11-9-7-5-3-4-6-8-10-12-14-54-34(32(49)50)16-22(36)26(38-20(2)42)30(52-34)28(46)24(44)18-40/h21-30,39-40,43-46H,3-18,35-36H2,1-2H3,(H,37,41)(H,38,42)(H,47,48)(H,49,50)/t21-,22-,23+,24+,25+,26+,27+,28+,29+,30+,33?,34?/m0/s1. The van der Waals surface area contributed by atoms with Crippen LogP contribution in [0.3, 0.4) is 0 Å². The monoisotopic (exact) mass is 814 g/mol. The Morgan fingerprint density at radius 2 is 0.926 bits per heavy atom. The van der Waals surface area contributed by atoms with Crippen LogP contribution >= 0.6 is 23.5 Å². The largest absolute Gasteiger partial charge is 0.478 e. The molecule has 0 aromatic carbocycles. The van der Waals surface area contributed by atoms with Crippen molar-refractivity contribution in [3.63, 3.8) is 0 Å². The van der Waals surface area contributed by atoms with Crippen molar-refractivity contribution in [1.82, 2.24) is 10.6 Å². The van der Waals surface area contributed by atoms with Crippen LogP contribution in [0.25, 0.3) is 0 Å². The average molecular weight is 815 g/mol. The fraction of sp³-hybridized carbons (Fsp3) is 0.882. The van der Waals surface area contributed by atoms with E-state index >= 15 is 0 Å². The van der Waals surface area contributed by atoms with E-state index in [4.69, 9.17) is 20.9 Å². The Balaban J connectivity index is 1.72.